The Morgan fingerprint density at radius 1 is 1.47 bits per heavy atom. The van der Waals surface area contributed by atoms with Gasteiger partial charge < -0.3 is 5.73 Å². The molecule has 0 fully saturated rings. The van der Waals surface area contributed by atoms with Gasteiger partial charge in [-0.15, -0.1) is 11.7 Å². The van der Waals surface area contributed by atoms with Crippen molar-refractivity contribution in [1.29, 1.82) is 0 Å². The van der Waals surface area contributed by atoms with Crippen LogP contribution in [0.5, 0.6) is 0 Å². The van der Waals surface area contributed by atoms with Crippen LogP contribution in [0.1, 0.15) is 48.7 Å². The SMILES string of the molecule is C=CCCCCCC(N)c1snnc1C. The van der Waals surface area contributed by atoms with Gasteiger partial charge in [0.1, 0.15) is 0 Å². The smallest absolute Gasteiger partial charge is 0.0772 e. The van der Waals surface area contributed by atoms with E-state index in [2.05, 4.69) is 16.2 Å². The normalized spacial score (nSPS) is 12.7. The summed E-state index contributed by atoms with van der Waals surface area (Å²) in [6, 6.07) is 0.119. The molecule has 0 aliphatic heterocycles. The van der Waals surface area contributed by atoms with E-state index < -0.39 is 0 Å². The van der Waals surface area contributed by atoms with Gasteiger partial charge in [0, 0.05) is 6.04 Å². The predicted octanol–water partition coefficient (Wildman–Crippen LogP) is 2.98. The second kappa shape index (κ2) is 6.69. The minimum Gasteiger partial charge on any atom is -0.323 e. The Labute approximate surface area is 95.6 Å². The summed E-state index contributed by atoms with van der Waals surface area (Å²) >= 11 is 1.42. The minimum absolute atomic E-state index is 0.119. The third kappa shape index (κ3) is 4.10. The number of nitrogens with zero attached hydrogens (tertiary/aromatic N) is 2. The quantitative estimate of drug-likeness (QED) is 0.573. The predicted molar refractivity (Wildman–Crippen MR) is 64.9 cm³/mol. The average Bonchev–Trinajstić information content (AvgIpc) is 2.64. The molecule has 0 spiro atoms. The van der Waals surface area contributed by atoms with Crippen LogP contribution >= 0.6 is 11.5 Å². The highest BCUT2D eigenvalue weighted by Gasteiger charge is 2.11. The Bertz CT molecular complexity index is 296. The van der Waals surface area contributed by atoms with Crippen molar-refractivity contribution in [1.82, 2.24) is 9.59 Å². The molecule has 1 heterocycles. The molecule has 0 radical (unpaired) electrons. The summed E-state index contributed by atoms with van der Waals surface area (Å²) in [5.41, 5.74) is 7.05. The van der Waals surface area contributed by atoms with Crippen LogP contribution in [-0.4, -0.2) is 9.59 Å². The van der Waals surface area contributed by atoms with Crippen LogP contribution in [0.4, 0.5) is 0 Å². The zero-order valence-corrected chi connectivity index (χ0v) is 10.1. The number of unbranched alkanes of at least 4 members (excludes halogenated alkanes) is 3. The first-order valence-corrected chi connectivity index (χ1v) is 6.18. The molecule has 3 nitrogen and oxygen atoms in total. The van der Waals surface area contributed by atoms with Crippen LogP contribution in [0.2, 0.25) is 0 Å². The van der Waals surface area contributed by atoms with Crippen molar-refractivity contribution in [3.8, 4) is 0 Å². The summed E-state index contributed by atoms with van der Waals surface area (Å²) in [6.45, 7) is 5.67. The lowest BCUT2D eigenvalue weighted by molar-refractivity contribution is 0.575. The second-order valence-corrected chi connectivity index (χ2v) is 4.54. The molecule has 0 aliphatic carbocycles. The standard InChI is InChI=1S/C11H19N3S/c1-3-4-5-6-7-8-10(12)11-9(2)13-14-15-11/h3,10H,1,4-8,12H2,2H3. The van der Waals surface area contributed by atoms with Crippen molar-refractivity contribution in [3.05, 3.63) is 23.2 Å². The first kappa shape index (κ1) is 12.3. The van der Waals surface area contributed by atoms with E-state index in [1.54, 1.807) is 0 Å². The molecule has 2 N–H and O–H groups in total. The lowest BCUT2D eigenvalue weighted by atomic mass is 10.1. The fraction of sp³-hybridized carbons (Fsp3) is 0.636. The van der Waals surface area contributed by atoms with Gasteiger partial charge in [-0.25, -0.2) is 0 Å². The molecule has 1 atom stereocenters. The maximum Gasteiger partial charge on any atom is 0.0772 e. The van der Waals surface area contributed by atoms with E-state index in [0.717, 1.165) is 23.4 Å². The molecule has 0 aliphatic rings. The summed E-state index contributed by atoms with van der Waals surface area (Å²) < 4.78 is 3.90. The number of hydrogen-bond acceptors (Lipinski definition) is 4. The van der Waals surface area contributed by atoms with Crippen molar-refractivity contribution in [3.63, 3.8) is 0 Å². The summed E-state index contributed by atoms with van der Waals surface area (Å²) in [7, 11) is 0. The van der Waals surface area contributed by atoms with Gasteiger partial charge in [-0.05, 0) is 37.7 Å². The van der Waals surface area contributed by atoms with Crippen LogP contribution in [0.15, 0.2) is 12.7 Å². The third-order valence-corrected chi connectivity index (χ3v) is 3.40. The Balaban J connectivity index is 2.22. The first-order valence-electron chi connectivity index (χ1n) is 5.41. The summed E-state index contributed by atoms with van der Waals surface area (Å²) in [4.78, 5) is 1.14. The van der Waals surface area contributed by atoms with E-state index in [9.17, 15) is 0 Å². The van der Waals surface area contributed by atoms with Gasteiger partial charge >= 0.3 is 0 Å². The van der Waals surface area contributed by atoms with E-state index in [-0.39, 0.29) is 6.04 Å². The summed E-state index contributed by atoms with van der Waals surface area (Å²) in [5.74, 6) is 0. The number of nitrogens with two attached hydrogens (primary N) is 1. The maximum atomic E-state index is 6.07. The highest BCUT2D eigenvalue weighted by atomic mass is 32.1. The molecule has 0 amide bonds. The lowest BCUT2D eigenvalue weighted by Gasteiger charge is -2.08. The fourth-order valence-electron chi connectivity index (χ4n) is 1.54. The molecule has 0 saturated heterocycles. The van der Waals surface area contributed by atoms with Crippen LogP contribution in [-0.2, 0) is 0 Å². The van der Waals surface area contributed by atoms with Gasteiger partial charge in [-0.3, -0.25) is 0 Å². The number of allylic oxidation sites excluding steroid dienone is 1. The second-order valence-electron chi connectivity index (χ2n) is 3.76. The number of hydrogen-bond donors (Lipinski definition) is 1. The number of aryl methyl sites for hydroxylation is 1. The maximum absolute atomic E-state index is 6.07. The van der Waals surface area contributed by atoms with Crippen LogP contribution in [0.3, 0.4) is 0 Å². The Morgan fingerprint density at radius 3 is 2.87 bits per heavy atom. The molecule has 1 rings (SSSR count). The van der Waals surface area contributed by atoms with E-state index in [1.807, 2.05) is 13.0 Å². The van der Waals surface area contributed by atoms with Gasteiger partial charge in [0.05, 0.1) is 10.6 Å². The van der Waals surface area contributed by atoms with Gasteiger partial charge in [0.15, 0.2) is 0 Å². The van der Waals surface area contributed by atoms with Crippen LogP contribution in [0.25, 0.3) is 0 Å². The minimum atomic E-state index is 0.119. The molecule has 1 aromatic rings. The molecule has 84 valence electrons. The Morgan fingerprint density at radius 2 is 2.27 bits per heavy atom. The van der Waals surface area contributed by atoms with E-state index in [0.29, 0.717) is 0 Å². The molecule has 1 aromatic heterocycles. The molecular formula is C11H19N3S. The van der Waals surface area contributed by atoms with Gasteiger partial charge in [-0.1, -0.05) is 23.4 Å². The summed E-state index contributed by atoms with van der Waals surface area (Å²) in [5, 5.41) is 3.97. The fourth-order valence-corrected chi connectivity index (χ4v) is 2.22. The largest absolute Gasteiger partial charge is 0.323 e. The lowest BCUT2D eigenvalue weighted by Crippen LogP contribution is -2.09. The van der Waals surface area contributed by atoms with Crippen molar-refractivity contribution in [2.24, 2.45) is 5.73 Å². The van der Waals surface area contributed by atoms with Gasteiger partial charge in [0.2, 0.25) is 0 Å². The van der Waals surface area contributed by atoms with Crippen molar-refractivity contribution in [2.75, 3.05) is 0 Å². The monoisotopic (exact) mass is 225 g/mol. The van der Waals surface area contributed by atoms with Crippen molar-refractivity contribution >= 4 is 11.5 Å². The van der Waals surface area contributed by atoms with E-state index in [4.69, 9.17) is 5.73 Å². The zero-order valence-electron chi connectivity index (χ0n) is 9.28. The Kier molecular flexibility index (Phi) is 5.50. The van der Waals surface area contributed by atoms with Crippen LogP contribution < -0.4 is 5.73 Å². The highest BCUT2D eigenvalue weighted by Crippen LogP contribution is 2.22. The number of aromatic nitrogens is 2. The summed E-state index contributed by atoms with van der Waals surface area (Å²) in [6.07, 6.45) is 7.73. The topological polar surface area (TPSA) is 51.8 Å². The molecule has 4 heteroatoms. The van der Waals surface area contributed by atoms with E-state index >= 15 is 0 Å². The first-order chi connectivity index (χ1) is 7.25. The van der Waals surface area contributed by atoms with E-state index in [1.165, 1.54) is 30.8 Å². The van der Waals surface area contributed by atoms with Crippen molar-refractivity contribution < 1.29 is 0 Å². The molecule has 15 heavy (non-hydrogen) atoms. The van der Waals surface area contributed by atoms with Gasteiger partial charge in [0.25, 0.3) is 0 Å². The zero-order chi connectivity index (χ0) is 11.1. The molecule has 0 aromatic carbocycles. The highest BCUT2D eigenvalue weighted by molar-refractivity contribution is 7.05. The Hall–Kier alpha value is -0.740. The number of rotatable bonds is 7. The average molecular weight is 225 g/mol. The third-order valence-electron chi connectivity index (χ3n) is 2.45. The molecule has 1 unspecified atom stereocenters. The van der Waals surface area contributed by atoms with Crippen molar-refractivity contribution in [2.45, 2.75) is 45.1 Å². The van der Waals surface area contributed by atoms with Crippen LogP contribution in [0, 0.1) is 6.92 Å². The molecule has 0 bridgehead atoms. The molecule has 0 saturated carbocycles. The van der Waals surface area contributed by atoms with Gasteiger partial charge in [-0.2, -0.15) is 0 Å². The molecular weight excluding hydrogens is 206 g/mol.